The smallest absolute Gasteiger partial charge is 0.280 e. The standard InChI is InChI=1S/C22H30BN/c1-4-6-17-23(18-7-5-2)24-22(20-14-9-8-10-15-20)21-16-12-11-13-19(21)3/h8-16H,4-7,17-18H2,1-3H3. The Morgan fingerprint density at radius 2 is 1.42 bits per heavy atom. The fourth-order valence-corrected chi connectivity index (χ4v) is 3.07. The molecule has 2 heteroatoms. The second kappa shape index (κ2) is 10.1. The fraction of sp³-hybridized carbons (Fsp3) is 0.409. The van der Waals surface area contributed by atoms with Gasteiger partial charge < -0.3 is 4.90 Å². The van der Waals surface area contributed by atoms with Crippen molar-refractivity contribution in [3.63, 3.8) is 0 Å². The monoisotopic (exact) mass is 319 g/mol. The Hall–Kier alpha value is -1.83. The average molecular weight is 319 g/mol. The maximum Gasteiger partial charge on any atom is 0.280 e. The van der Waals surface area contributed by atoms with Gasteiger partial charge in [-0.1, -0.05) is 107 Å². The van der Waals surface area contributed by atoms with Gasteiger partial charge in [-0.25, -0.2) is 0 Å². The minimum Gasteiger partial charge on any atom is -0.341 e. The van der Waals surface area contributed by atoms with Gasteiger partial charge in [0.05, 0.1) is 5.71 Å². The van der Waals surface area contributed by atoms with Crippen LogP contribution in [0.2, 0.25) is 12.6 Å². The molecule has 0 amide bonds. The van der Waals surface area contributed by atoms with Crippen molar-refractivity contribution >= 4 is 12.6 Å². The molecule has 0 bridgehead atoms. The normalized spacial score (nSPS) is 11.5. The van der Waals surface area contributed by atoms with Crippen molar-refractivity contribution in [2.45, 2.75) is 59.1 Å². The first-order valence-corrected chi connectivity index (χ1v) is 9.45. The molecule has 2 aromatic carbocycles. The van der Waals surface area contributed by atoms with Crippen LogP contribution >= 0.6 is 0 Å². The summed E-state index contributed by atoms with van der Waals surface area (Å²) in [5.74, 6) is 0. The number of unbranched alkanes of at least 4 members (excludes halogenated alkanes) is 2. The van der Waals surface area contributed by atoms with Gasteiger partial charge in [-0.15, -0.1) is 0 Å². The lowest BCUT2D eigenvalue weighted by Crippen LogP contribution is -2.16. The van der Waals surface area contributed by atoms with E-state index in [0.29, 0.717) is 6.85 Å². The molecule has 2 aromatic rings. The van der Waals surface area contributed by atoms with Crippen LogP contribution in [0.1, 0.15) is 56.2 Å². The average Bonchev–Trinajstić information content (AvgIpc) is 2.63. The van der Waals surface area contributed by atoms with E-state index in [1.807, 2.05) is 0 Å². The number of benzene rings is 2. The highest BCUT2D eigenvalue weighted by molar-refractivity contribution is 6.59. The first kappa shape index (κ1) is 18.5. The molecule has 0 radical (unpaired) electrons. The van der Waals surface area contributed by atoms with E-state index in [1.165, 1.54) is 55.0 Å². The number of hydrogen-bond donors (Lipinski definition) is 0. The molecular weight excluding hydrogens is 289 g/mol. The SMILES string of the molecule is CCCCB(CCCC)N=C(c1ccccc1)c1ccccc1C. The number of aryl methyl sites for hydroxylation is 1. The van der Waals surface area contributed by atoms with Crippen LogP contribution in [-0.2, 0) is 0 Å². The van der Waals surface area contributed by atoms with E-state index in [9.17, 15) is 0 Å². The molecule has 24 heavy (non-hydrogen) atoms. The number of hydrogen-bond acceptors (Lipinski definition) is 1. The Morgan fingerprint density at radius 1 is 0.833 bits per heavy atom. The summed E-state index contributed by atoms with van der Waals surface area (Å²) in [6.07, 6.45) is 7.38. The summed E-state index contributed by atoms with van der Waals surface area (Å²) >= 11 is 0. The second-order valence-corrected chi connectivity index (χ2v) is 6.60. The molecule has 0 unspecified atom stereocenters. The number of nitrogens with zero attached hydrogens (tertiary/aromatic N) is 1. The lowest BCUT2D eigenvalue weighted by atomic mass is 9.55. The minimum absolute atomic E-state index is 0.430. The highest BCUT2D eigenvalue weighted by Crippen LogP contribution is 2.19. The molecule has 0 heterocycles. The van der Waals surface area contributed by atoms with Gasteiger partial charge in [-0.2, -0.15) is 0 Å². The lowest BCUT2D eigenvalue weighted by molar-refractivity contribution is 0.839. The topological polar surface area (TPSA) is 12.4 Å². The molecule has 126 valence electrons. The molecule has 0 saturated carbocycles. The van der Waals surface area contributed by atoms with E-state index in [-0.39, 0.29) is 0 Å². The Kier molecular flexibility index (Phi) is 7.81. The van der Waals surface area contributed by atoms with E-state index < -0.39 is 0 Å². The van der Waals surface area contributed by atoms with Gasteiger partial charge in [-0.3, -0.25) is 0 Å². The van der Waals surface area contributed by atoms with Gasteiger partial charge in [0.15, 0.2) is 0 Å². The van der Waals surface area contributed by atoms with Gasteiger partial charge in [0.25, 0.3) is 6.85 Å². The van der Waals surface area contributed by atoms with E-state index in [2.05, 4.69) is 75.4 Å². The van der Waals surface area contributed by atoms with Gasteiger partial charge in [0.2, 0.25) is 0 Å². The third kappa shape index (κ3) is 5.37. The van der Waals surface area contributed by atoms with Gasteiger partial charge in [0, 0.05) is 5.56 Å². The second-order valence-electron chi connectivity index (χ2n) is 6.60. The number of rotatable bonds is 9. The minimum atomic E-state index is 0.430. The molecule has 0 aliphatic heterocycles. The largest absolute Gasteiger partial charge is 0.341 e. The quantitative estimate of drug-likeness (QED) is 0.373. The summed E-state index contributed by atoms with van der Waals surface area (Å²) in [4.78, 5) is 5.27. The summed E-state index contributed by atoms with van der Waals surface area (Å²) in [5.41, 5.74) is 4.95. The van der Waals surface area contributed by atoms with Crippen LogP contribution in [0.4, 0.5) is 0 Å². The van der Waals surface area contributed by atoms with Crippen molar-refractivity contribution in [1.29, 1.82) is 0 Å². The molecule has 0 aliphatic rings. The predicted molar refractivity (Wildman–Crippen MR) is 108 cm³/mol. The molecule has 1 nitrogen and oxygen atoms in total. The summed E-state index contributed by atoms with van der Waals surface area (Å²) in [6, 6.07) is 19.3. The molecule has 0 aliphatic carbocycles. The van der Waals surface area contributed by atoms with Crippen molar-refractivity contribution in [2.75, 3.05) is 0 Å². The molecule has 0 atom stereocenters. The zero-order valence-electron chi connectivity index (χ0n) is 15.5. The van der Waals surface area contributed by atoms with Crippen LogP contribution in [0.3, 0.4) is 0 Å². The first-order valence-electron chi connectivity index (χ1n) is 9.45. The fourth-order valence-electron chi connectivity index (χ4n) is 3.07. The predicted octanol–water partition coefficient (Wildman–Crippen LogP) is 6.42. The van der Waals surface area contributed by atoms with Gasteiger partial charge in [-0.05, 0) is 18.1 Å². The van der Waals surface area contributed by atoms with E-state index in [1.54, 1.807) is 0 Å². The lowest BCUT2D eigenvalue weighted by Gasteiger charge is -2.15. The summed E-state index contributed by atoms with van der Waals surface area (Å²) in [6.45, 7) is 7.14. The Bertz CT molecular complexity index is 625. The van der Waals surface area contributed by atoms with Crippen molar-refractivity contribution < 1.29 is 0 Å². The summed E-state index contributed by atoms with van der Waals surface area (Å²) in [5, 5.41) is 0. The summed E-state index contributed by atoms with van der Waals surface area (Å²) in [7, 11) is 0. The van der Waals surface area contributed by atoms with Crippen molar-refractivity contribution in [2.24, 2.45) is 4.90 Å². The van der Waals surface area contributed by atoms with Crippen LogP contribution in [0, 0.1) is 6.92 Å². The molecule has 0 fully saturated rings. The zero-order chi connectivity index (χ0) is 17.2. The van der Waals surface area contributed by atoms with Crippen molar-refractivity contribution in [3.8, 4) is 0 Å². The van der Waals surface area contributed by atoms with E-state index in [4.69, 9.17) is 4.90 Å². The molecule has 2 rings (SSSR count). The molecule has 0 aromatic heterocycles. The Morgan fingerprint density at radius 3 is 2.00 bits per heavy atom. The molecule has 0 N–H and O–H groups in total. The molecular formula is C22H30BN. The Balaban J connectivity index is 2.41. The van der Waals surface area contributed by atoms with E-state index >= 15 is 0 Å². The van der Waals surface area contributed by atoms with Gasteiger partial charge >= 0.3 is 0 Å². The Labute approximate surface area is 148 Å². The van der Waals surface area contributed by atoms with Crippen LogP contribution < -0.4 is 0 Å². The van der Waals surface area contributed by atoms with Gasteiger partial charge in [0.1, 0.15) is 0 Å². The molecule has 0 saturated heterocycles. The maximum absolute atomic E-state index is 5.27. The van der Waals surface area contributed by atoms with Crippen molar-refractivity contribution in [3.05, 3.63) is 71.3 Å². The van der Waals surface area contributed by atoms with Crippen LogP contribution in [0.15, 0.2) is 59.5 Å². The van der Waals surface area contributed by atoms with Crippen LogP contribution in [0.5, 0.6) is 0 Å². The highest BCUT2D eigenvalue weighted by atomic mass is 14.7. The molecule has 0 spiro atoms. The highest BCUT2D eigenvalue weighted by Gasteiger charge is 2.16. The first-order chi connectivity index (χ1) is 11.8. The maximum atomic E-state index is 5.27. The zero-order valence-corrected chi connectivity index (χ0v) is 15.5. The van der Waals surface area contributed by atoms with Crippen LogP contribution in [-0.4, -0.2) is 12.6 Å². The van der Waals surface area contributed by atoms with Crippen LogP contribution in [0.25, 0.3) is 0 Å². The van der Waals surface area contributed by atoms with Crippen molar-refractivity contribution in [1.82, 2.24) is 0 Å². The summed E-state index contributed by atoms with van der Waals surface area (Å²) < 4.78 is 0. The third-order valence-corrected chi connectivity index (χ3v) is 4.54. The van der Waals surface area contributed by atoms with E-state index in [0.717, 1.165) is 5.71 Å². The third-order valence-electron chi connectivity index (χ3n) is 4.54.